The van der Waals surface area contributed by atoms with Gasteiger partial charge in [-0.3, -0.25) is 4.98 Å². The van der Waals surface area contributed by atoms with Crippen molar-refractivity contribution in [3.05, 3.63) is 18.5 Å². The molecule has 6 heteroatoms. The first-order chi connectivity index (χ1) is 6.40. The van der Waals surface area contributed by atoms with Gasteiger partial charge < -0.3 is 4.74 Å². The summed E-state index contributed by atoms with van der Waals surface area (Å²) in [4.78, 5) is 3.96. The summed E-state index contributed by atoms with van der Waals surface area (Å²) in [6.45, 7) is 0. The van der Waals surface area contributed by atoms with E-state index in [1.54, 1.807) is 25.6 Å². The number of tetrazole rings is 1. The number of methoxy groups -OCH3 is 1. The molecule has 1 N–H and O–H groups in total. The fourth-order valence-electron chi connectivity index (χ4n) is 0.937. The van der Waals surface area contributed by atoms with Crippen LogP contribution in [0.5, 0.6) is 5.75 Å². The fraction of sp³-hybridized carbons (Fsp3) is 0.143. The van der Waals surface area contributed by atoms with Crippen molar-refractivity contribution in [3.8, 4) is 17.1 Å². The van der Waals surface area contributed by atoms with E-state index in [2.05, 4.69) is 25.6 Å². The molecule has 0 bridgehead atoms. The van der Waals surface area contributed by atoms with Crippen LogP contribution in [-0.4, -0.2) is 32.7 Å². The summed E-state index contributed by atoms with van der Waals surface area (Å²) < 4.78 is 5.00. The first-order valence-corrected chi connectivity index (χ1v) is 3.63. The molecule has 2 heterocycles. The Morgan fingerprint density at radius 3 is 3.00 bits per heavy atom. The molecule has 2 aromatic rings. The minimum atomic E-state index is 0.506. The number of aromatic amines is 1. The van der Waals surface area contributed by atoms with Gasteiger partial charge in [-0.15, -0.1) is 10.2 Å². The molecule has 0 saturated carbocycles. The minimum absolute atomic E-state index is 0.506. The second-order valence-electron chi connectivity index (χ2n) is 2.35. The van der Waals surface area contributed by atoms with Gasteiger partial charge in [0.15, 0.2) is 0 Å². The van der Waals surface area contributed by atoms with Crippen molar-refractivity contribution in [1.29, 1.82) is 0 Å². The van der Waals surface area contributed by atoms with Gasteiger partial charge in [-0.25, -0.2) is 0 Å². The smallest absolute Gasteiger partial charge is 0.206 e. The van der Waals surface area contributed by atoms with E-state index < -0.39 is 0 Å². The Hall–Kier alpha value is -1.98. The predicted octanol–water partition coefficient (Wildman–Crippen LogP) is 0.270. The van der Waals surface area contributed by atoms with Crippen molar-refractivity contribution < 1.29 is 4.74 Å². The van der Waals surface area contributed by atoms with Gasteiger partial charge in [0.05, 0.1) is 13.3 Å². The summed E-state index contributed by atoms with van der Waals surface area (Å²) in [6, 6.07) is 1.79. The molecule has 0 aliphatic carbocycles. The number of rotatable bonds is 2. The number of hydrogen-bond donors (Lipinski definition) is 1. The Morgan fingerprint density at radius 2 is 2.31 bits per heavy atom. The molecule has 0 radical (unpaired) electrons. The average Bonchev–Trinajstić information content (AvgIpc) is 2.71. The highest BCUT2D eigenvalue weighted by Gasteiger charge is 2.03. The Labute approximate surface area is 74.0 Å². The fourth-order valence-corrected chi connectivity index (χ4v) is 0.937. The normalized spacial score (nSPS) is 9.92. The van der Waals surface area contributed by atoms with Crippen LogP contribution >= 0.6 is 0 Å². The molecule has 66 valence electrons. The molecule has 0 aromatic carbocycles. The summed E-state index contributed by atoms with van der Waals surface area (Å²) in [5.74, 6) is 1.17. The van der Waals surface area contributed by atoms with Crippen LogP contribution < -0.4 is 4.74 Å². The van der Waals surface area contributed by atoms with E-state index in [1.165, 1.54) is 0 Å². The van der Waals surface area contributed by atoms with Crippen LogP contribution in [0.1, 0.15) is 0 Å². The third kappa shape index (κ3) is 1.46. The van der Waals surface area contributed by atoms with Crippen molar-refractivity contribution in [3.63, 3.8) is 0 Å². The van der Waals surface area contributed by atoms with Crippen LogP contribution in [0.2, 0.25) is 0 Å². The zero-order chi connectivity index (χ0) is 9.10. The average molecular weight is 177 g/mol. The molecular weight excluding hydrogens is 170 g/mol. The lowest BCUT2D eigenvalue weighted by Gasteiger charge is -1.98. The number of H-pyrrole nitrogens is 1. The van der Waals surface area contributed by atoms with Crippen LogP contribution in [0.25, 0.3) is 11.4 Å². The molecule has 0 unspecified atom stereocenters. The molecule has 6 nitrogen and oxygen atoms in total. The van der Waals surface area contributed by atoms with Crippen LogP contribution in [0, 0.1) is 0 Å². The van der Waals surface area contributed by atoms with Gasteiger partial charge in [-0.2, -0.15) is 5.21 Å². The number of hydrogen-bond acceptors (Lipinski definition) is 5. The third-order valence-corrected chi connectivity index (χ3v) is 1.55. The molecule has 0 fully saturated rings. The highest BCUT2D eigenvalue weighted by atomic mass is 16.5. The third-order valence-electron chi connectivity index (χ3n) is 1.55. The van der Waals surface area contributed by atoms with Gasteiger partial charge in [0, 0.05) is 11.8 Å². The van der Waals surface area contributed by atoms with E-state index in [4.69, 9.17) is 4.74 Å². The van der Waals surface area contributed by atoms with Crippen molar-refractivity contribution in [2.24, 2.45) is 0 Å². The SMILES string of the molecule is COc1cncc(-c2nn[nH]n2)c1. The van der Waals surface area contributed by atoms with E-state index in [0.717, 1.165) is 5.56 Å². The topological polar surface area (TPSA) is 76.6 Å². The Balaban J connectivity index is 2.41. The van der Waals surface area contributed by atoms with Crippen molar-refractivity contribution in [1.82, 2.24) is 25.6 Å². The number of ether oxygens (including phenoxy) is 1. The zero-order valence-electron chi connectivity index (χ0n) is 6.93. The van der Waals surface area contributed by atoms with Crippen molar-refractivity contribution in [2.75, 3.05) is 7.11 Å². The van der Waals surface area contributed by atoms with Crippen molar-refractivity contribution >= 4 is 0 Å². The molecule has 0 saturated heterocycles. The van der Waals surface area contributed by atoms with Gasteiger partial charge in [0.25, 0.3) is 0 Å². The van der Waals surface area contributed by atoms with E-state index >= 15 is 0 Å². The highest BCUT2D eigenvalue weighted by molar-refractivity contribution is 5.54. The minimum Gasteiger partial charge on any atom is -0.495 e. The van der Waals surface area contributed by atoms with Crippen LogP contribution in [0.15, 0.2) is 18.5 Å². The van der Waals surface area contributed by atoms with Gasteiger partial charge in [0.1, 0.15) is 5.75 Å². The number of aromatic nitrogens is 5. The van der Waals surface area contributed by atoms with Crippen molar-refractivity contribution in [2.45, 2.75) is 0 Å². The maximum Gasteiger partial charge on any atom is 0.206 e. The van der Waals surface area contributed by atoms with Gasteiger partial charge in [-0.1, -0.05) is 0 Å². The van der Waals surface area contributed by atoms with E-state index in [-0.39, 0.29) is 0 Å². The number of nitrogens with zero attached hydrogens (tertiary/aromatic N) is 4. The Morgan fingerprint density at radius 1 is 1.38 bits per heavy atom. The van der Waals surface area contributed by atoms with E-state index in [9.17, 15) is 0 Å². The molecule has 2 aromatic heterocycles. The summed E-state index contributed by atoms with van der Waals surface area (Å²) in [5, 5.41) is 13.5. The summed E-state index contributed by atoms with van der Waals surface area (Å²) in [5.41, 5.74) is 0.771. The molecule has 0 amide bonds. The lowest BCUT2D eigenvalue weighted by Crippen LogP contribution is -1.87. The number of nitrogens with one attached hydrogen (secondary N) is 1. The van der Waals surface area contributed by atoms with Crippen LogP contribution in [0.4, 0.5) is 0 Å². The van der Waals surface area contributed by atoms with E-state index in [0.29, 0.717) is 11.6 Å². The predicted molar refractivity (Wildman–Crippen MR) is 44.0 cm³/mol. The van der Waals surface area contributed by atoms with E-state index in [1.807, 2.05) is 0 Å². The lowest BCUT2D eigenvalue weighted by atomic mass is 10.3. The summed E-state index contributed by atoms with van der Waals surface area (Å²) in [6.07, 6.45) is 3.26. The molecule has 0 aliphatic rings. The standard InChI is InChI=1S/C7H7N5O/c1-13-6-2-5(3-8-4-6)7-9-11-12-10-7/h2-4H,1H3,(H,9,10,11,12). The zero-order valence-corrected chi connectivity index (χ0v) is 6.93. The first-order valence-electron chi connectivity index (χ1n) is 3.63. The monoisotopic (exact) mass is 177 g/mol. The second kappa shape index (κ2) is 3.18. The molecule has 0 atom stereocenters. The Kier molecular flexibility index (Phi) is 1.87. The maximum absolute atomic E-state index is 5.00. The van der Waals surface area contributed by atoms with Crippen LogP contribution in [0.3, 0.4) is 0 Å². The van der Waals surface area contributed by atoms with Gasteiger partial charge in [-0.05, 0) is 11.3 Å². The molecule has 0 spiro atoms. The van der Waals surface area contributed by atoms with Gasteiger partial charge in [0.2, 0.25) is 5.82 Å². The summed E-state index contributed by atoms with van der Waals surface area (Å²) >= 11 is 0. The molecular formula is C7H7N5O. The number of pyridine rings is 1. The Bertz CT molecular complexity index is 386. The maximum atomic E-state index is 5.00. The molecule has 2 rings (SSSR count). The highest BCUT2D eigenvalue weighted by Crippen LogP contribution is 2.17. The molecule has 0 aliphatic heterocycles. The second-order valence-corrected chi connectivity index (χ2v) is 2.35. The van der Waals surface area contributed by atoms with Gasteiger partial charge >= 0.3 is 0 Å². The molecule has 13 heavy (non-hydrogen) atoms. The quantitative estimate of drug-likeness (QED) is 0.712. The van der Waals surface area contributed by atoms with Crippen LogP contribution in [-0.2, 0) is 0 Å². The first kappa shape index (κ1) is 7.66. The lowest BCUT2D eigenvalue weighted by molar-refractivity contribution is 0.413. The largest absolute Gasteiger partial charge is 0.495 e. The summed E-state index contributed by atoms with van der Waals surface area (Å²) in [7, 11) is 1.58.